The number of aromatic nitrogens is 2. The van der Waals surface area contributed by atoms with Gasteiger partial charge in [0.25, 0.3) is 5.16 Å². The third-order valence-electron chi connectivity index (χ3n) is 8.72. The van der Waals surface area contributed by atoms with E-state index in [9.17, 15) is 18.3 Å². The third-order valence-corrected chi connectivity index (χ3v) is 10.4. The van der Waals surface area contributed by atoms with Crippen LogP contribution in [0.15, 0.2) is 138 Å². The molecule has 0 amide bonds. The van der Waals surface area contributed by atoms with Crippen LogP contribution in [0.5, 0.6) is 0 Å². The monoisotopic (exact) mass is 647 g/mol. The Kier molecular flexibility index (Phi) is 9.36. The molecule has 5 aromatic rings. The minimum Gasteiger partial charge on any atom is -0.512 e. The number of esters is 1. The van der Waals surface area contributed by atoms with Gasteiger partial charge in [-0.3, -0.25) is 4.31 Å². The molecule has 4 aromatic carbocycles. The number of aliphatic hydroxyl groups excluding tert-OH is 1. The third kappa shape index (κ3) is 6.90. The first-order valence-corrected chi connectivity index (χ1v) is 17.3. The molecule has 0 saturated heterocycles. The van der Waals surface area contributed by atoms with Gasteiger partial charge in [-0.25, -0.2) is 14.8 Å². The van der Waals surface area contributed by atoms with Crippen LogP contribution in [0.25, 0.3) is 10.9 Å². The summed E-state index contributed by atoms with van der Waals surface area (Å²) in [5.41, 5.74) is 1.93. The number of cyclic esters (lactones) is 1. The summed E-state index contributed by atoms with van der Waals surface area (Å²) in [6.07, 6.45) is 4.00. The maximum absolute atomic E-state index is 14.4. The molecule has 0 radical (unpaired) electrons. The van der Waals surface area contributed by atoms with Gasteiger partial charge < -0.3 is 9.84 Å². The summed E-state index contributed by atoms with van der Waals surface area (Å²) in [5, 5.41) is 12.1. The van der Waals surface area contributed by atoms with E-state index in [1.807, 2.05) is 66.7 Å². The second kappa shape index (κ2) is 13.8. The standard InChI is InChI=1S/C38H37N3O5S/c1-2-33(41(31-19-10-5-11-20-31)47(44,45)37-39-27-30-18-12-13-21-32(30)40-37)35-34(42)26-38(46-36(35)43,24-22-28-14-6-3-7-15-28)25-23-29-16-8-4-9-17-29/h3-21,27,33,42H,2,22-26H2,1H3. The van der Waals surface area contributed by atoms with Gasteiger partial charge in [0.2, 0.25) is 0 Å². The maximum atomic E-state index is 14.4. The van der Waals surface area contributed by atoms with Crippen LogP contribution in [0, 0.1) is 0 Å². The van der Waals surface area contributed by atoms with Crippen molar-refractivity contribution in [2.75, 3.05) is 4.31 Å². The lowest BCUT2D eigenvalue weighted by Crippen LogP contribution is -2.49. The number of anilines is 1. The van der Waals surface area contributed by atoms with E-state index in [0.717, 1.165) is 15.4 Å². The zero-order chi connectivity index (χ0) is 32.9. The molecule has 240 valence electrons. The van der Waals surface area contributed by atoms with Crippen molar-refractivity contribution in [3.8, 4) is 0 Å². The van der Waals surface area contributed by atoms with Crippen LogP contribution in [0.2, 0.25) is 0 Å². The van der Waals surface area contributed by atoms with Crippen molar-refractivity contribution in [2.24, 2.45) is 0 Å². The first-order valence-electron chi connectivity index (χ1n) is 15.8. The lowest BCUT2D eigenvalue weighted by molar-refractivity contribution is -0.161. The molecule has 0 bridgehead atoms. The Bertz CT molecular complexity index is 1940. The van der Waals surface area contributed by atoms with Crippen molar-refractivity contribution in [1.29, 1.82) is 0 Å². The number of ether oxygens (including phenoxy) is 1. The lowest BCUT2D eigenvalue weighted by atomic mass is 9.81. The number of benzene rings is 4. The number of carbonyl (C=O) groups is 1. The lowest BCUT2D eigenvalue weighted by Gasteiger charge is -2.41. The molecule has 2 heterocycles. The van der Waals surface area contributed by atoms with Crippen molar-refractivity contribution in [1.82, 2.24) is 9.97 Å². The molecular weight excluding hydrogens is 611 g/mol. The Hall–Kier alpha value is -5.02. The molecular formula is C38H37N3O5S. The Morgan fingerprint density at radius 3 is 1.96 bits per heavy atom. The van der Waals surface area contributed by atoms with Crippen LogP contribution in [-0.4, -0.2) is 41.1 Å². The minimum absolute atomic E-state index is 0.0688. The number of hydrogen-bond acceptors (Lipinski definition) is 7. The number of rotatable bonds is 12. The van der Waals surface area contributed by atoms with Crippen LogP contribution in [-0.2, 0) is 32.4 Å². The van der Waals surface area contributed by atoms with Gasteiger partial charge in [0, 0.05) is 18.0 Å². The van der Waals surface area contributed by atoms with Gasteiger partial charge in [0.05, 0.1) is 22.8 Å². The molecule has 6 rings (SSSR count). The normalized spacial score (nSPS) is 15.3. The summed E-state index contributed by atoms with van der Waals surface area (Å²) < 4.78 is 36.3. The number of sulfonamides is 1. The van der Waals surface area contributed by atoms with Gasteiger partial charge >= 0.3 is 16.0 Å². The van der Waals surface area contributed by atoms with Crippen LogP contribution in [0.3, 0.4) is 0 Å². The molecule has 0 fully saturated rings. The summed E-state index contributed by atoms with van der Waals surface area (Å²) in [6.45, 7) is 1.78. The second-order valence-corrected chi connectivity index (χ2v) is 13.6. The fraction of sp³-hybridized carbons (Fsp3) is 0.237. The highest BCUT2D eigenvalue weighted by atomic mass is 32.2. The maximum Gasteiger partial charge on any atom is 0.340 e. The molecule has 0 spiro atoms. The molecule has 1 aliphatic heterocycles. The number of aliphatic hydroxyl groups is 1. The topological polar surface area (TPSA) is 110 Å². The van der Waals surface area contributed by atoms with E-state index in [1.165, 1.54) is 6.20 Å². The number of para-hydroxylation sites is 2. The second-order valence-electron chi connectivity index (χ2n) is 11.9. The summed E-state index contributed by atoms with van der Waals surface area (Å²) in [7, 11) is -4.42. The average Bonchev–Trinajstić information content (AvgIpc) is 3.10. The summed E-state index contributed by atoms with van der Waals surface area (Å²) in [5.74, 6) is -0.887. The van der Waals surface area contributed by atoms with Gasteiger partial charge in [-0.15, -0.1) is 0 Å². The zero-order valence-electron chi connectivity index (χ0n) is 26.2. The van der Waals surface area contributed by atoms with Gasteiger partial charge in [-0.1, -0.05) is 104 Å². The highest BCUT2D eigenvalue weighted by molar-refractivity contribution is 7.92. The van der Waals surface area contributed by atoms with E-state index in [0.29, 0.717) is 42.3 Å². The molecule has 0 saturated carbocycles. The number of carbonyl (C=O) groups excluding carboxylic acids is 1. The number of hydrogen-bond donors (Lipinski definition) is 1. The zero-order valence-corrected chi connectivity index (χ0v) is 27.0. The SMILES string of the molecule is CCC(C1=C(O)CC(CCc2ccccc2)(CCc2ccccc2)OC1=O)N(c1ccccc1)S(=O)(=O)c1ncc2ccccc2n1. The molecule has 1 aromatic heterocycles. The number of nitrogens with zero attached hydrogens (tertiary/aromatic N) is 3. The van der Waals surface area contributed by atoms with E-state index < -0.39 is 32.8 Å². The first kappa shape index (κ1) is 31.9. The van der Waals surface area contributed by atoms with E-state index in [2.05, 4.69) is 9.97 Å². The Morgan fingerprint density at radius 2 is 1.38 bits per heavy atom. The largest absolute Gasteiger partial charge is 0.512 e. The van der Waals surface area contributed by atoms with Crippen LogP contribution in [0.1, 0.15) is 43.7 Å². The smallest absolute Gasteiger partial charge is 0.340 e. The molecule has 1 unspecified atom stereocenters. The Labute approximate surface area is 275 Å². The molecule has 47 heavy (non-hydrogen) atoms. The summed E-state index contributed by atoms with van der Waals surface area (Å²) in [6, 6.07) is 34.5. The predicted octanol–water partition coefficient (Wildman–Crippen LogP) is 7.37. The van der Waals surface area contributed by atoms with Crippen molar-refractivity contribution in [3.05, 3.63) is 144 Å². The van der Waals surface area contributed by atoms with E-state index in [4.69, 9.17) is 4.74 Å². The molecule has 1 aliphatic rings. The molecule has 9 heteroatoms. The number of aryl methyl sites for hydroxylation is 2. The summed E-state index contributed by atoms with van der Waals surface area (Å²) in [4.78, 5) is 22.7. The van der Waals surface area contributed by atoms with Crippen molar-refractivity contribution in [3.63, 3.8) is 0 Å². The van der Waals surface area contributed by atoms with E-state index in [-0.39, 0.29) is 24.2 Å². The van der Waals surface area contributed by atoms with Crippen LogP contribution in [0.4, 0.5) is 5.69 Å². The highest BCUT2D eigenvalue weighted by Gasteiger charge is 2.46. The van der Waals surface area contributed by atoms with Gasteiger partial charge in [-0.05, 0) is 61.4 Å². The van der Waals surface area contributed by atoms with Gasteiger partial charge in [-0.2, -0.15) is 8.42 Å². The van der Waals surface area contributed by atoms with E-state index >= 15 is 0 Å². The van der Waals surface area contributed by atoms with Gasteiger partial charge in [0.1, 0.15) is 11.4 Å². The highest BCUT2D eigenvalue weighted by Crippen LogP contribution is 2.40. The number of fused-ring (bicyclic) bond motifs is 1. The first-order chi connectivity index (χ1) is 22.8. The predicted molar refractivity (Wildman–Crippen MR) is 182 cm³/mol. The fourth-order valence-electron chi connectivity index (χ4n) is 6.29. The van der Waals surface area contributed by atoms with Crippen molar-refractivity contribution < 1.29 is 23.1 Å². The average molecular weight is 648 g/mol. The van der Waals surface area contributed by atoms with Crippen LogP contribution < -0.4 is 4.31 Å². The van der Waals surface area contributed by atoms with Crippen molar-refractivity contribution in [2.45, 2.75) is 62.2 Å². The Morgan fingerprint density at radius 1 is 0.830 bits per heavy atom. The Balaban J connectivity index is 1.39. The van der Waals surface area contributed by atoms with Crippen LogP contribution >= 0.6 is 0 Å². The molecule has 0 aliphatic carbocycles. The molecule has 1 atom stereocenters. The summed E-state index contributed by atoms with van der Waals surface area (Å²) >= 11 is 0. The quantitative estimate of drug-likeness (QED) is 0.111. The molecule has 8 nitrogen and oxygen atoms in total. The molecule has 1 N–H and O–H groups in total. The van der Waals surface area contributed by atoms with E-state index in [1.54, 1.807) is 55.5 Å². The van der Waals surface area contributed by atoms with Gasteiger partial charge in [0.15, 0.2) is 0 Å². The van der Waals surface area contributed by atoms with Crippen molar-refractivity contribution >= 4 is 32.6 Å². The fourth-order valence-corrected chi connectivity index (χ4v) is 7.85. The minimum atomic E-state index is -4.42.